The molecule has 0 aliphatic heterocycles. The molecule has 2 N–H and O–H groups in total. The Labute approximate surface area is 117 Å². The van der Waals surface area contributed by atoms with Gasteiger partial charge in [-0.3, -0.25) is 4.79 Å². The molecule has 0 bridgehead atoms. The van der Waals surface area contributed by atoms with Crippen LogP contribution in [0.15, 0.2) is 42.5 Å². The van der Waals surface area contributed by atoms with E-state index in [2.05, 4.69) is 4.72 Å². The Morgan fingerprint density at radius 2 is 1.80 bits per heavy atom. The van der Waals surface area contributed by atoms with Crippen LogP contribution in [0, 0.1) is 0 Å². The standard InChI is InChI=1S/C14H15NO4S/c16-14(17)8-9-20(18,19)15-10-12-6-3-5-11-4-1-2-7-13(11)12/h1-7,15H,8-10H2,(H,16,17). The number of benzene rings is 2. The molecule has 106 valence electrons. The van der Waals surface area contributed by atoms with E-state index in [9.17, 15) is 13.2 Å². The SMILES string of the molecule is O=C(O)CCS(=O)(=O)NCc1cccc2ccccc12. The lowest BCUT2D eigenvalue weighted by Crippen LogP contribution is -2.27. The molecule has 6 heteroatoms. The highest BCUT2D eigenvalue weighted by Crippen LogP contribution is 2.18. The summed E-state index contributed by atoms with van der Waals surface area (Å²) in [5.41, 5.74) is 0.863. The van der Waals surface area contributed by atoms with Gasteiger partial charge in [-0.15, -0.1) is 0 Å². The van der Waals surface area contributed by atoms with Gasteiger partial charge < -0.3 is 5.11 Å². The van der Waals surface area contributed by atoms with Crippen LogP contribution >= 0.6 is 0 Å². The van der Waals surface area contributed by atoms with Gasteiger partial charge >= 0.3 is 5.97 Å². The number of hydrogen-bond acceptors (Lipinski definition) is 3. The Kier molecular flexibility index (Phi) is 4.36. The molecule has 0 saturated carbocycles. The maximum atomic E-state index is 11.7. The molecule has 0 atom stereocenters. The lowest BCUT2D eigenvalue weighted by Gasteiger charge is -2.08. The fraction of sp³-hybridized carbons (Fsp3) is 0.214. The number of carboxylic acids is 1. The summed E-state index contributed by atoms with van der Waals surface area (Å²) in [7, 11) is -3.57. The smallest absolute Gasteiger partial charge is 0.304 e. The second-order valence-corrected chi connectivity index (χ2v) is 6.35. The molecule has 0 saturated heterocycles. The van der Waals surface area contributed by atoms with Crippen LogP contribution in [0.4, 0.5) is 0 Å². The second-order valence-electron chi connectivity index (χ2n) is 4.42. The average molecular weight is 293 g/mol. The largest absolute Gasteiger partial charge is 0.481 e. The average Bonchev–Trinajstić information content (AvgIpc) is 2.43. The number of rotatable bonds is 6. The Balaban J connectivity index is 2.11. The number of carboxylic acid groups (broad SMARTS) is 1. The summed E-state index contributed by atoms with van der Waals surface area (Å²) in [4.78, 5) is 10.4. The van der Waals surface area contributed by atoms with Crippen molar-refractivity contribution in [3.8, 4) is 0 Å². The van der Waals surface area contributed by atoms with E-state index in [4.69, 9.17) is 5.11 Å². The normalized spacial score (nSPS) is 11.6. The van der Waals surface area contributed by atoms with Crippen molar-refractivity contribution in [2.24, 2.45) is 0 Å². The Hall–Kier alpha value is -1.92. The molecule has 0 amide bonds. The minimum absolute atomic E-state index is 0.156. The Bertz CT molecular complexity index is 720. The van der Waals surface area contributed by atoms with Gasteiger partial charge in [-0.2, -0.15) is 0 Å². The molecule has 0 radical (unpaired) electrons. The summed E-state index contributed by atoms with van der Waals surface area (Å²) >= 11 is 0. The fourth-order valence-electron chi connectivity index (χ4n) is 1.93. The first kappa shape index (κ1) is 14.5. The molecular formula is C14H15NO4S. The quantitative estimate of drug-likeness (QED) is 0.849. The summed E-state index contributed by atoms with van der Waals surface area (Å²) < 4.78 is 25.8. The molecule has 0 aliphatic rings. The molecule has 0 aliphatic carbocycles. The van der Waals surface area contributed by atoms with Gasteiger partial charge in [0.05, 0.1) is 12.2 Å². The first-order chi connectivity index (χ1) is 9.48. The van der Waals surface area contributed by atoms with Crippen molar-refractivity contribution in [2.75, 3.05) is 5.75 Å². The molecule has 5 nitrogen and oxygen atoms in total. The minimum Gasteiger partial charge on any atom is -0.481 e. The zero-order chi connectivity index (χ0) is 14.6. The molecule has 0 unspecified atom stereocenters. The van der Waals surface area contributed by atoms with E-state index in [1.54, 1.807) is 0 Å². The molecule has 0 aromatic heterocycles. The highest BCUT2D eigenvalue weighted by molar-refractivity contribution is 7.89. The van der Waals surface area contributed by atoms with Crippen molar-refractivity contribution in [1.29, 1.82) is 0 Å². The zero-order valence-corrected chi connectivity index (χ0v) is 11.6. The predicted octanol–water partition coefficient (Wildman–Crippen LogP) is 1.73. The molecule has 2 aromatic rings. The third-order valence-electron chi connectivity index (χ3n) is 2.95. The van der Waals surface area contributed by atoms with Gasteiger partial charge in [0.15, 0.2) is 0 Å². The van der Waals surface area contributed by atoms with Crippen LogP contribution in [0.25, 0.3) is 10.8 Å². The van der Waals surface area contributed by atoms with Crippen molar-refractivity contribution in [1.82, 2.24) is 4.72 Å². The molecule has 0 heterocycles. The number of sulfonamides is 1. The van der Waals surface area contributed by atoms with Gasteiger partial charge in [0.1, 0.15) is 0 Å². The van der Waals surface area contributed by atoms with Crippen molar-refractivity contribution < 1.29 is 18.3 Å². The van der Waals surface area contributed by atoms with Crippen LogP contribution in [0.2, 0.25) is 0 Å². The number of hydrogen-bond donors (Lipinski definition) is 2. The molecular weight excluding hydrogens is 278 g/mol. The maximum Gasteiger partial charge on any atom is 0.304 e. The van der Waals surface area contributed by atoms with Crippen LogP contribution in [0.3, 0.4) is 0 Å². The van der Waals surface area contributed by atoms with Crippen LogP contribution < -0.4 is 4.72 Å². The van der Waals surface area contributed by atoms with Crippen LogP contribution in [-0.2, 0) is 21.4 Å². The van der Waals surface area contributed by atoms with Gasteiger partial charge in [0.25, 0.3) is 0 Å². The fourth-order valence-corrected chi connectivity index (χ4v) is 2.89. The van der Waals surface area contributed by atoms with E-state index in [0.717, 1.165) is 16.3 Å². The lowest BCUT2D eigenvalue weighted by molar-refractivity contribution is -0.136. The first-order valence-corrected chi connectivity index (χ1v) is 7.79. The summed E-state index contributed by atoms with van der Waals surface area (Å²) in [5.74, 6) is -1.53. The minimum atomic E-state index is -3.57. The number of nitrogens with one attached hydrogen (secondary N) is 1. The van der Waals surface area contributed by atoms with Gasteiger partial charge in [-0.1, -0.05) is 42.5 Å². The van der Waals surface area contributed by atoms with Crippen molar-refractivity contribution in [3.05, 3.63) is 48.0 Å². The van der Waals surface area contributed by atoms with E-state index >= 15 is 0 Å². The Morgan fingerprint density at radius 3 is 2.55 bits per heavy atom. The van der Waals surface area contributed by atoms with Crippen LogP contribution in [0.5, 0.6) is 0 Å². The van der Waals surface area contributed by atoms with Gasteiger partial charge in [-0.05, 0) is 16.3 Å². The molecule has 20 heavy (non-hydrogen) atoms. The second kappa shape index (κ2) is 6.02. The van der Waals surface area contributed by atoms with Crippen LogP contribution in [-0.4, -0.2) is 25.2 Å². The number of carbonyl (C=O) groups is 1. The summed E-state index contributed by atoms with van der Waals surface area (Å²) in [6, 6.07) is 13.4. The van der Waals surface area contributed by atoms with E-state index in [1.165, 1.54) is 0 Å². The number of fused-ring (bicyclic) bond motifs is 1. The third-order valence-corrected chi connectivity index (χ3v) is 4.27. The molecule has 0 fully saturated rings. The van der Waals surface area contributed by atoms with Gasteiger partial charge in [-0.25, -0.2) is 13.1 Å². The van der Waals surface area contributed by atoms with Crippen molar-refractivity contribution in [2.45, 2.75) is 13.0 Å². The third kappa shape index (κ3) is 3.79. The first-order valence-electron chi connectivity index (χ1n) is 6.14. The van der Waals surface area contributed by atoms with E-state index in [0.29, 0.717) is 0 Å². The Morgan fingerprint density at radius 1 is 1.10 bits per heavy atom. The monoisotopic (exact) mass is 293 g/mol. The van der Waals surface area contributed by atoms with E-state index in [-0.39, 0.29) is 6.54 Å². The van der Waals surface area contributed by atoms with E-state index in [1.807, 2.05) is 42.5 Å². The topological polar surface area (TPSA) is 83.5 Å². The number of aliphatic carboxylic acids is 1. The lowest BCUT2D eigenvalue weighted by atomic mass is 10.1. The maximum absolute atomic E-state index is 11.7. The zero-order valence-electron chi connectivity index (χ0n) is 10.7. The van der Waals surface area contributed by atoms with Gasteiger partial charge in [0.2, 0.25) is 10.0 Å². The molecule has 0 spiro atoms. The van der Waals surface area contributed by atoms with Crippen molar-refractivity contribution >= 4 is 26.8 Å². The van der Waals surface area contributed by atoms with Crippen molar-refractivity contribution in [3.63, 3.8) is 0 Å². The van der Waals surface area contributed by atoms with Gasteiger partial charge in [0, 0.05) is 6.54 Å². The molecule has 2 rings (SSSR count). The predicted molar refractivity (Wildman–Crippen MR) is 76.8 cm³/mol. The highest BCUT2D eigenvalue weighted by Gasteiger charge is 2.12. The van der Waals surface area contributed by atoms with E-state index < -0.39 is 28.2 Å². The highest BCUT2D eigenvalue weighted by atomic mass is 32.2. The summed E-state index contributed by atoms with van der Waals surface area (Å²) in [5, 5.41) is 10.5. The molecule has 2 aromatic carbocycles. The van der Waals surface area contributed by atoms with Crippen LogP contribution in [0.1, 0.15) is 12.0 Å². The summed E-state index contributed by atoms with van der Waals surface area (Å²) in [6.45, 7) is 0.156. The summed E-state index contributed by atoms with van der Waals surface area (Å²) in [6.07, 6.45) is -0.398.